The molecule has 0 saturated carbocycles. The number of hydrogen-bond donors (Lipinski definition) is 2. The van der Waals surface area contributed by atoms with E-state index in [1.807, 2.05) is 77.1 Å². The molecule has 0 unspecified atom stereocenters. The molecular weight excluding hydrogens is 422 g/mol. The number of carbonyl (C=O) groups is 1. The predicted molar refractivity (Wildman–Crippen MR) is 139 cm³/mol. The number of nitrogens with one attached hydrogen (secondary N) is 1. The number of aromatic hydroxyl groups is 1. The third-order valence-electron chi connectivity index (χ3n) is 6.40. The summed E-state index contributed by atoms with van der Waals surface area (Å²) in [5.41, 5.74) is 8.38. The van der Waals surface area contributed by atoms with E-state index in [1.54, 1.807) is 6.07 Å². The Labute approximate surface area is 200 Å². The van der Waals surface area contributed by atoms with Crippen LogP contribution in [0.15, 0.2) is 64.8 Å². The third-order valence-corrected chi connectivity index (χ3v) is 6.40. The van der Waals surface area contributed by atoms with E-state index in [1.165, 1.54) is 5.56 Å². The molecule has 0 aliphatic carbocycles. The largest absolute Gasteiger partial charge is 0.505 e. The molecule has 4 rings (SSSR count). The summed E-state index contributed by atoms with van der Waals surface area (Å²) in [6.07, 6.45) is 0. The van der Waals surface area contributed by atoms with Gasteiger partial charge >= 0.3 is 0 Å². The fourth-order valence-corrected chi connectivity index (χ4v) is 4.03. The van der Waals surface area contributed by atoms with Crippen molar-refractivity contribution in [2.75, 3.05) is 5.32 Å². The second kappa shape index (κ2) is 9.10. The number of phenols is 1. The van der Waals surface area contributed by atoms with Crippen LogP contribution in [-0.2, 0) is 0 Å². The molecule has 4 aromatic rings. The van der Waals surface area contributed by atoms with Gasteiger partial charge in [0.15, 0.2) is 5.75 Å². The molecule has 4 aromatic carbocycles. The highest BCUT2D eigenvalue weighted by Crippen LogP contribution is 2.40. The minimum Gasteiger partial charge on any atom is -0.505 e. The van der Waals surface area contributed by atoms with Gasteiger partial charge in [-0.2, -0.15) is 5.11 Å². The lowest BCUT2D eigenvalue weighted by atomic mass is 10.0. The zero-order valence-corrected chi connectivity index (χ0v) is 20.4. The zero-order valence-electron chi connectivity index (χ0n) is 20.4. The molecule has 0 atom stereocenters. The summed E-state index contributed by atoms with van der Waals surface area (Å²) in [7, 11) is 0. The molecule has 0 fully saturated rings. The predicted octanol–water partition coefficient (Wildman–Crippen LogP) is 8.06. The first-order chi connectivity index (χ1) is 16.2. The Balaban J connectivity index is 1.80. The summed E-state index contributed by atoms with van der Waals surface area (Å²) in [5, 5.41) is 24.5. The minimum atomic E-state index is -0.395. The number of hydrogen-bond acceptors (Lipinski definition) is 4. The highest BCUT2D eigenvalue weighted by atomic mass is 16.3. The van der Waals surface area contributed by atoms with Gasteiger partial charge < -0.3 is 10.4 Å². The Bertz CT molecular complexity index is 1470. The van der Waals surface area contributed by atoms with Crippen molar-refractivity contribution in [3.05, 3.63) is 93.5 Å². The molecule has 1 amide bonds. The highest BCUT2D eigenvalue weighted by molar-refractivity contribution is 6.12. The minimum absolute atomic E-state index is 0.155. The number of azo groups is 1. The van der Waals surface area contributed by atoms with Crippen LogP contribution in [0.1, 0.15) is 43.7 Å². The topological polar surface area (TPSA) is 74.0 Å². The SMILES string of the molecule is Cc1cc(C)c(N=Nc2c(O)c(C(=O)Nc3cc(C)c(C)cc3C)cc3ccccc23)cc1C. The number of rotatable bonds is 4. The monoisotopic (exact) mass is 451 g/mol. The van der Waals surface area contributed by atoms with Gasteiger partial charge in [0.1, 0.15) is 5.69 Å². The lowest BCUT2D eigenvalue weighted by Crippen LogP contribution is -2.13. The lowest BCUT2D eigenvalue weighted by molar-refractivity contribution is 0.102. The van der Waals surface area contributed by atoms with Crippen LogP contribution in [0.5, 0.6) is 5.75 Å². The summed E-state index contributed by atoms with van der Waals surface area (Å²) in [4.78, 5) is 13.2. The van der Waals surface area contributed by atoms with Crippen LogP contribution >= 0.6 is 0 Å². The summed E-state index contributed by atoms with van der Waals surface area (Å²) in [5.74, 6) is -0.587. The van der Waals surface area contributed by atoms with Gasteiger partial charge in [-0.15, -0.1) is 5.11 Å². The summed E-state index contributed by atoms with van der Waals surface area (Å²) in [6.45, 7) is 12.1. The van der Waals surface area contributed by atoms with Crippen LogP contribution in [0.4, 0.5) is 17.1 Å². The van der Waals surface area contributed by atoms with E-state index < -0.39 is 5.91 Å². The van der Waals surface area contributed by atoms with E-state index in [0.29, 0.717) is 0 Å². The van der Waals surface area contributed by atoms with E-state index in [4.69, 9.17) is 0 Å². The highest BCUT2D eigenvalue weighted by Gasteiger charge is 2.19. The van der Waals surface area contributed by atoms with Gasteiger partial charge in [0.05, 0.1) is 11.3 Å². The smallest absolute Gasteiger partial charge is 0.259 e. The quantitative estimate of drug-likeness (QED) is 0.308. The van der Waals surface area contributed by atoms with Gasteiger partial charge in [0, 0.05) is 11.1 Å². The molecule has 0 bridgehead atoms. The Morgan fingerprint density at radius 2 is 1.35 bits per heavy atom. The molecule has 5 nitrogen and oxygen atoms in total. The lowest BCUT2D eigenvalue weighted by Gasteiger charge is -2.14. The molecule has 0 aromatic heterocycles. The van der Waals surface area contributed by atoms with Crippen molar-refractivity contribution in [1.29, 1.82) is 0 Å². The standard InChI is InChI=1S/C29H29N3O2/c1-16-11-20(5)25(13-18(16)3)30-29(34)24-15-22-9-7-8-10-23(22)27(28(24)33)32-31-26-14-19(4)17(2)12-21(26)6/h7-15,33H,1-6H3,(H,30,34). The molecule has 0 aliphatic rings. The number of benzene rings is 4. The van der Waals surface area contributed by atoms with Gasteiger partial charge in [-0.3, -0.25) is 4.79 Å². The number of nitrogens with zero attached hydrogens (tertiary/aromatic N) is 2. The molecule has 0 heterocycles. The number of amides is 1. The summed E-state index contributed by atoms with van der Waals surface area (Å²) >= 11 is 0. The van der Waals surface area contributed by atoms with E-state index in [-0.39, 0.29) is 17.0 Å². The maximum absolute atomic E-state index is 13.2. The van der Waals surface area contributed by atoms with E-state index >= 15 is 0 Å². The van der Waals surface area contributed by atoms with Crippen molar-refractivity contribution in [2.45, 2.75) is 41.5 Å². The van der Waals surface area contributed by atoms with Crippen molar-refractivity contribution in [1.82, 2.24) is 0 Å². The second-order valence-corrected chi connectivity index (χ2v) is 8.97. The average molecular weight is 452 g/mol. The van der Waals surface area contributed by atoms with Gasteiger partial charge in [-0.25, -0.2) is 0 Å². The fourth-order valence-electron chi connectivity index (χ4n) is 4.03. The van der Waals surface area contributed by atoms with Crippen molar-refractivity contribution in [2.24, 2.45) is 10.2 Å². The number of carbonyl (C=O) groups excluding carboxylic acids is 1. The Morgan fingerprint density at radius 1 is 0.735 bits per heavy atom. The van der Waals surface area contributed by atoms with Gasteiger partial charge in [-0.05, 0) is 98.5 Å². The van der Waals surface area contributed by atoms with Crippen molar-refractivity contribution >= 4 is 33.7 Å². The van der Waals surface area contributed by atoms with Crippen molar-refractivity contribution in [3.8, 4) is 5.75 Å². The first kappa shape index (κ1) is 23.2. The first-order valence-corrected chi connectivity index (χ1v) is 11.3. The first-order valence-electron chi connectivity index (χ1n) is 11.3. The fraction of sp³-hybridized carbons (Fsp3) is 0.207. The van der Waals surface area contributed by atoms with Crippen molar-refractivity contribution in [3.63, 3.8) is 0 Å². The molecule has 0 saturated heterocycles. The number of phenolic OH excluding ortho intramolecular Hbond substituents is 1. The molecule has 172 valence electrons. The second-order valence-electron chi connectivity index (χ2n) is 8.97. The Kier molecular flexibility index (Phi) is 6.20. The van der Waals surface area contributed by atoms with Gasteiger partial charge in [-0.1, -0.05) is 36.4 Å². The molecule has 0 spiro atoms. The number of fused-ring (bicyclic) bond motifs is 1. The maximum atomic E-state index is 13.2. The van der Waals surface area contributed by atoms with Crippen LogP contribution in [0.3, 0.4) is 0 Å². The van der Waals surface area contributed by atoms with Crippen LogP contribution < -0.4 is 5.32 Å². The normalized spacial score (nSPS) is 11.4. The van der Waals surface area contributed by atoms with Gasteiger partial charge in [0.2, 0.25) is 0 Å². The Hall–Kier alpha value is -3.99. The van der Waals surface area contributed by atoms with Crippen LogP contribution in [0, 0.1) is 41.5 Å². The average Bonchev–Trinajstić information content (AvgIpc) is 2.79. The van der Waals surface area contributed by atoms with Crippen molar-refractivity contribution < 1.29 is 9.90 Å². The van der Waals surface area contributed by atoms with Gasteiger partial charge in [0.25, 0.3) is 5.91 Å². The molecule has 0 radical (unpaired) electrons. The third kappa shape index (κ3) is 4.42. The van der Waals surface area contributed by atoms with Crippen LogP contribution in [-0.4, -0.2) is 11.0 Å². The molecule has 2 N–H and O–H groups in total. The molecular formula is C29H29N3O2. The Morgan fingerprint density at radius 3 is 2.09 bits per heavy atom. The summed E-state index contributed by atoms with van der Waals surface area (Å²) < 4.78 is 0. The summed E-state index contributed by atoms with van der Waals surface area (Å²) in [6, 6.07) is 17.3. The van der Waals surface area contributed by atoms with Crippen LogP contribution in [0.25, 0.3) is 10.8 Å². The molecule has 5 heteroatoms. The van der Waals surface area contributed by atoms with Crippen LogP contribution in [0.2, 0.25) is 0 Å². The number of anilines is 1. The molecule has 34 heavy (non-hydrogen) atoms. The number of aryl methyl sites for hydroxylation is 6. The van der Waals surface area contributed by atoms with E-state index in [2.05, 4.69) is 28.5 Å². The zero-order chi connectivity index (χ0) is 24.6. The maximum Gasteiger partial charge on any atom is 0.259 e. The van der Waals surface area contributed by atoms with E-state index in [0.717, 1.165) is 50.0 Å². The molecule has 0 aliphatic heterocycles. The van der Waals surface area contributed by atoms with E-state index in [9.17, 15) is 9.90 Å².